The minimum absolute atomic E-state index is 0.0178. The molecule has 11 heteroatoms. The van der Waals surface area contributed by atoms with Crippen LogP contribution in [0, 0.1) is 35.5 Å². The SMILES string of the molecule is COc1c(O)ccc2c1C#CCc1cc3c4c(c1O)OC[C@@H](C4)[C@H]1CN=C(N)N[C@@H](C(C)C)CSS[C@H]1CC[C@H](C3)[C@@H](O)CC(=O)CC2. The molecule has 258 valence electrons. The van der Waals surface area contributed by atoms with Crippen LogP contribution >= 0.6 is 21.6 Å². The van der Waals surface area contributed by atoms with E-state index in [4.69, 9.17) is 20.2 Å². The molecular formula is C37H47N3O6S2. The van der Waals surface area contributed by atoms with Crippen LogP contribution in [0.3, 0.4) is 0 Å². The number of fused-ring (bicyclic) bond motifs is 6. The van der Waals surface area contributed by atoms with Crippen LogP contribution in [0.4, 0.5) is 0 Å². The number of aliphatic hydroxyl groups is 1. The van der Waals surface area contributed by atoms with E-state index in [1.54, 1.807) is 12.1 Å². The summed E-state index contributed by atoms with van der Waals surface area (Å²) in [7, 11) is 5.26. The first-order valence-electron chi connectivity index (χ1n) is 17.0. The number of aryl methyl sites for hydroxylation is 1. The van der Waals surface area contributed by atoms with Gasteiger partial charge in [0.15, 0.2) is 29.0 Å². The van der Waals surface area contributed by atoms with Crippen molar-refractivity contribution in [3.63, 3.8) is 0 Å². The van der Waals surface area contributed by atoms with Crippen LogP contribution in [-0.4, -0.2) is 70.5 Å². The second kappa shape index (κ2) is 15.1. The molecule has 2 aliphatic carbocycles. The lowest BCUT2D eigenvalue weighted by Crippen LogP contribution is -2.46. The first-order valence-corrected chi connectivity index (χ1v) is 19.4. The number of phenols is 2. The number of ether oxygens (including phenoxy) is 2. The van der Waals surface area contributed by atoms with Crippen LogP contribution in [0.2, 0.25) is 0 Å². The molecule has 9 nitrogen and oxygen atoms in total. The number of methoxy groups -OCH3 is 1. The highest BCUT2D eigenvalue weighted by atomic mass is 33.1. The van der Waals surface area contributed by atoms with Crippen LogP contribution in [-0.2, 0) is 30.5 Å². The fraction of sp³-hybridized carbons (Fsp3) is 0.568. The van der Waals surface area contributed by atoms with Gasteiger partial charge in [-0.2, -0.15) is 0 Å². The summed E-state index contributed by atoms with van der Waals surface area (Å²) in [5.74, 6) is 9.11. The Kier molecular flexibility index (Phi) is 10.9. The van der Waals surface area contributed by atoms with Gasteiger partial charge in [0.1, 0.15) is 5.78 Å². The maximum absolute atomic E-state index is 13.4. The monoisotopic (exact) mass is 693 g/mol. The Morgan fingerprint density at radius 2 is 1.94 bits per heavy atom. The van der Waals surface area contributed by atoms with Gasteiger partial charge in [-0.15, -0.1) is 0 Å². The van der Waals surface area contributed by atoms with E-state index in [1.165, 1.54) is 7.11 Å². The van der Waals surface area contributed by atoms with Gasteiger partial charge in [0.25, 0.3) is 0 Å². The van der Waals surface area contributed by atoms with E-state index in [0.717, 1.165) is 41.7 Å². The molecule has 5 bridgehead atoms. The van der Waals surface area contributed by atoms with Gasteiger partial charge in [-0.05, 0) is 67.1 Å². The molecule has 2 aromatic rings. The fourth-order valence-corrected chi connectivity index (χ4v) is 11.0. The summed E-state index contributed by atoms with van der Waals surface area (Å²) < 4.78 is 11.9. The van der Waals surface area contributed by atoms with Gasteiger partial charge in [-0.1, -0.05) is 59.4 Å². The maximum atomic E-state index is 13.4. The third-order valence-electron chi connectivity index (χ3n) is 10.4. The molecule has 0 radical (unpaired) electrons. The number of nitrogens with two attached hydrogens (primary N) is 1. The lowest BCUT2D eigenvalue weighted by Gasteiger charge is -2.39. The molecule has 2 aromatic carbocycles. The molecule has 2 heterocycles. The quantitative estimate of drug-likeness (QED) is 0.220. The number of Topliss-reactive ketones (excluding diaryl/α,β-unsaturated/α-hetero) is 1. The average molecular weight is 694 g/mol. The van der Waals surface area contributed by atoms with Gasteiger partial charge < -0.3 is 35.8 Å². The number of benzene rings is 2. The lowest BCUT2D eigenvalue weighted by molar-refractivity contribution is -0.121. The number of carbonyl (C=O) groups is 1. The molecule has 0 unspecified atom stereocenters. The smallest absolute Gasteiger partial charge is 0.188 e. The van der Waals surface area contributed by atoms with E-state index < -0.39 is 6.10 Å². The molecule has 6 N–H and O–H groups in total. The molecule has 0 amide bonds. The predicted octanol–water partition coefficient (Wildman–Crippen LogP) is 4.78. The van der Waals surface area contributed by atoms with Gasteiger partial charge in [-0.25, -0.2) is 0 Å². The highest BCUT2D eigenvalue weighted by Crippen LogP contribution is 2.48. The summed E-state index contributed by atoms with van der Waals surface area (Å²) >= 11 is 0. The van der Waals surface area contributed by atoms with Gasteiger partial charge in [0.05, 0.1) is 25.4 Å². The van der Waals surface area contributed by atoms with Crippen LogP contribution < -0.4 is 20.5 Å². The van der Waals surface area contributed by atoms with Crippen molar-refractivity contribution in [2.24, 2.45) is 34.4 Å². The summed E-state index contributed by atoms with van der Waals surface area (Å²) in [6, 6.07) is 5.55. The van der Waals surface area contributed by atoms with E-state index in [-0.39, 0.29) is 71.3 Å². The summed E-state index contributed by atoms with van der Waals surface area (Å²) in [6.45, 7) is 5.40. The number of aromatic hydroxyl groups is 2. The third kappa shape index (κ3) is 7.51. The molecule has 0 spiro atoms. The minimum Gasteiger partial charge on any atom is -0.504 e. The van der Waals surface area contributed by atoms with Crippen molar-refractivity contribution in [1.29, 1.82) is 0 Å². The molecular weight excluding hydrogens is 647 g/mol. The Hall–Kier alpha value is -3.20. The van der Waals surface area contributed by atoms with Crippen LogP contribution in [0.25, 0.3) is 0 Å². The number of hydrogen-bond acceptors (Lipinski definition) is 11. The van der Waals surface area contributed by atoms with Gasteiger partial charge in [0.2, 0.25) is 0 Å². The van der Waals surface area contributed by atoms with E-state index >= 15 is 0 Å². The molecule has 0 aromatic heterocycles. The number of ketones is 1. The fourth-order valence-electron chi connectivity index (χ4n) is 7.49. The highest BCUT2D eigenvalue weighted by Gasteiger charge is 2.39. The highest BCUT2D eigenvalue weighted by molar-refractivity contribution is 8.77. The van der Waals surface area contributed by atoms with Crippen molar-refractivity contribution in [3.8, 4) is 34.8 Å². The second-order valence-electron chi connectivity index (χ2n) is 13.9. The molecule has 4 aliphatic rings. The van der Waals surface area contributed by atoms with Crippen molar-refractivity contribution >= 4 is 33.3 Å². The number of nitrogens with zero attached hydrogens (tertiary/aromatic N) is 1. The van der Waals surface area contributed by atoms with Crippen LogP contribution in [0.15, 0.2) is 23.2 Å². The van der Waals surface area contributed by atoms with Crippen molar-refractivity contribution < 1.29 is 29.6 Å². The Bertz CT molecular complexity index is 1620. The molecule has 48 heavy (non-hydrogen) atoms. The van der Waals surface area contributed by atoms with Crippen LogP contribution in [0.1, 0.15) is 67.3 Å². The summed E-state index contributed by atoms with van der Waals surface area (Å²) in [5.41, 5.74) is 10.4. The molecule has 6 rings (SSSR count). The number of hydrogen-bond donors (Lipinski definition) is 5. The van der Waals surface area contributed by atoms with Crippen LogP contribution in [0.5, 0.6) is 23.0 Å². The summed E-state index contributed by atoms with van der Waals surface area (Å²) in [5, 5.41) is 37.4. The Balaban J connectivity index is 1.41. The number of nitrogens with one attached hydrogen (secondary N) is 1. The van der Waals surface area contributed by atoms with Gasteiger partial charge in [-0.3, -0.25) is 9.79 Å². The van der Waals surface area contributed by atoms with Crippen molar-refractivity contribution in [2.45, 2.75) is 82.6 Å². The molecule has 6 atom stereocenters. The normalized spacial score (nSPS) is 27.9. The average Bonchev–Trinajstić information content (AvgIpc) is 3.06. The first-order chi connectivity index (χ1) is 23.1. The second-order valence-corrected chi connectivity index (χ2v) is 16.6. The predicted molar refractivity (Wildman–Crippen MR) is 192 cm³/mol. The number of aliphatic hydroxyl groups excluding tert-OH is 1. The Morgan fingerprint density at radius 1 is 1.10 bits per heavy atom. The summed E-state index contributed by atoms with van der Waals surface area (Å²) in [6.07, 6.45) is 3.07. The van der Waals surface area contributed by atoms with Crippen molar-refractivity contribution in [3.05, 3.63) is 46.0 Å². The van der Waals surface area contributed by atoms with E-state index in [0.29, 0.717) is 54.7 Å². The number of carbonyl (C=O) groups excluding carboxylic acids is 1. The lowest BCUT2D eigenvalue weighted by atomic mass is 9.75. The molecule has 0 saturated heterocycles. The zero-order valence-corrected chi connectivity index (χ0v) is 29.6. The van der Waals surface area contributed by atoms with Gasteiger partial charge >= 0.3 is 0 Å². The number of guanidine groups is 1. The molecule has 0 fully saturated rings. The largest absolute Gasteiger partial charge is 0.504 e. The van der Waals surface area contributed by atoms with E-state index in [1.807, 2.05) is 27.7 Å². The first kappa shape index (κ1) is 34.7. The Labute approximate surface area is 291 Å². The molecule has 0 saturated carbocycles. The number of aliphatic imine (C=N–C) groups is 1. The maximum Gasteiger partial charge on any atom is 0.188 e. The third-order valence-corrected chi connectivity index (χ3v) is 13.5. The van der Waals surface area contributed by atoms with E-state index in [9.17, 15) is 20.1 Å². The standard InChI is InChI=1S/C37H47N3O6S2/c1-20(2)30-19-47-48-33-12-9-22-13-24-14-23(34(44)36-28(24)15-25(18-46-36)29(33)17-39-37(38)40-30)5-4-6-27-21(7-10-26(41)16-32(22)43)8-11-31(42)35(27)45-3/h8,11,14,20,22,25,29-30,32-33,42-44H,5,7,9-10,12-13,15-19H2,1-3H3,(H3,38,39,40)/t22-,25-,29-,30-,32+,33+/m1/s1. The minimum atomic E-state index is -0.820. The van der Waals surface area contributed by atoms with Crippen molar-refractivity contribution in [1.82, 2.24) is 5.32 Å². The topological polar surface area (TPSA) is 147 Å². The number of phenolic OH excluding ortho intramolecular Hbond substituents is 2. The summed E-state index contributed by atoms with van der Waals surface area (Å²) in [4.78, 5) is 18.2. The number of rotatable bonds is 2. The van der Waals surface area contributed by atoms with Gasteiger partial charge in [0, 0.05) is 59.9 Å². The van der Waals surface area contributed by atoms with E-state index in [2.05, 4.69) is 31.0 Å². The molecule has 2 aliphatic heterocycles. The zero-order valence-electron chi connectivity index (χ0n) is 28.0. The van der Waals surface area contributed by atoms with Crippen molar-refractivity contribution in [2.75, 3.05) is 26.0 Å². The Morgan fingerprint density at radius 3 is 2.73 bits per heavy atom. The zero-order chi connectivity index (χ0) is 33.9.